The highest BCUT2D eigenvalue weighted by Crippen LogP contribution is 2.37. The van der Waals surface area contributed by atoms with Crippen LogP contribution >= 0.6 is 11.6 Å². The van der Waals surface area contributed by atoms with Gasteiger partial charge in [0.2, 0.25) is 5.82 Å². The van der Waals surface area contributed by atoms with Crippen molar-refractivity contribution in [1.82, 2.24) is 9.97 Å². The number of hydrogen-bond acceptors (Lipinski definition) is 6. The van der Waals surface area contributed by atoms with Crippen LogP contribution in [0.3, 0.4) is 0 Å². The van der Waals surface area contributed by atoms with Crippen LogP contribution < -0.4 is 10.1 Å². The predicted molar refractivity (Wildman–Crippen MR) is 109 cm³/mol. The fourth-order valence-electron chi connectivity index (χ4n) is 2.73. The van der Waals surface area contributed by atoms with Crippen LogP contribution in [0.25, 0.3) is 0 Å². The molecule has 0 saturated carbocycles. The first-order valence-electron chi connectivity index (χ1n) is 8.54. The molecule has 2 aromatic carbocycles. The molecule has 3 rings (SSSR count). The Kier molecular flexibility index (Phi) is 5.46. The molecule has 1 N–H and O–H groups in total. The molecule has 0 bridgehead atoms. The number of aromatic nitrogens is 2. The molecule has 144 valence electrons. The van der Waals surface area contributed by atoms with E-state index in [-0.39, 0.29) is 17.4 Å². The Labute approximate surface area is 167 Å². The van der Waals surface area contributed by atoms with Crippen molar-refractivity contribution in [1.29, 1.82) is 0 Å². The summed E-state index contributed by atoms with van der Waals surface area (Å²) in [7, 11) is 0. The van der Waals surface area contributed by atoms with E-state index in [1.807, 2.05) is 45.9 Å². The third-order valence-corrected chi connectivity index (χ3v) is 4.96. The van der Waals surface area contributed by atoms with Crippen LogP contribution in [0.4, 0.5) is 17.2 Å². The maximum atomic E-state index is 11.7. The second kappa shape index (κ2) is 7.82. The Morgan fingerprint density at radius 2 is 1.68 bits per heavy atom. The van der Waals surface area contributed by atoms with Crippen molar-refractivity contribution >= 4 is 28.8 Å². The highest BCUT2D eigenvalue weighted by atomic mass is 35.5. The maximum Gasteiger partial charge on any atom is 0.373 e. The van der Waals surface area contributed by atoms with Gasteiger partial charge in [-0.3, -0.25) is 10.1 Å². The summed E-state index contributed by atoms with van der Waals surface area (Å²) in [5.41, 5.74) is 4.15. The van der Waals surface area contributed by atoms with Gasteiger partial charge in [-0.2, -0.15) is 4.98 Å². The topological polar surface area (TPSA) is 90.2 Å². The van der Waals surface area contributed by atoms with Crippen LogP contribution in [0.1, 0.15) is 22.3 Å². The van der Waals surface area contributed by atoms with E-state index >= 15 is 0 Å². The van der Waals surface area contributed by atoms with E-state index in [0.29, 0.717) is 16.5 Å². The van der Waals surface area contributed by atoms with E-state index in [1.54, 1.807) is 12.1 Å². The third kappa shape index (κ3) is 4.04. The molecular formula is C20H19ClN4O3. The van der Waals surface area contributed by atoms with Crippen molar-refractivity contribution < 1.29 is 9.66 Å². The molecule has 7 nitrogen and oxygen atoms in total. The van der Waals surface area contributed by atoms with Crippen molar-refractivity contribution in [2.45, 2.75) is 27.7 Å². The molecular weight excluding hydrogens is 380 g/mol. The summed E-state index contributed by atoms with van der Waals surface area (Å²) in [6.07, 6.45) is 1.22. The average Bonchev–Trinajstić information content (AvgIpc) is 2.62. The molecule has 1 aromatic heterocycles. The molecule has 0 spiro atoms. The van der Waals surface area contributed by atoms with Crippen LogP contribution in [0, 0.1) is 37.8 Å². The Hall–Kier alpha value is -3.19. The SMILES string of the molecule is Cc1ccc(Nc2ncnc(Oc3cc(C)c(Cl)c(C)c3)c2[N+](=O)[O-])cc1C. The van der Waals surface area contributed by atoms with Crippen molar-refractivity contribution in [3.8, 4) is 11.6 Å². The van der Waals surface area contributed by atoms with Gasteiger partial charge in [-0.25, -0.2) is 4.98 Å². The number of nitrogens with one attached hydrogen (secondary N) is 1. The van der Waals surface area contributed by atoms with Crippen molar-refractivity contribution in [2.24, 2.45) is 0 Å². The normalized spacial score (nSPS) is 10.6. The van der Waals surface area contributed by atoms with Gasteiger partial charge in [-0.1, -0.05) is 17.7 Å². The first-order chi connectivity index (χ1) is 13.3. The first kappa shape index (κ1) is 19.6. The molecule has 0 amide bonds. The van der Waals surface area contributed by atoms with Crippen molar-refractivity contribution in [2.75, 3.05) is 5.32 Å². The number of halogens is 1. The number of ether oxygens (including phenoxy) is 1. The first-order valence-corrected chi connectivity index (χ1v) is 8.92. The highest BCUT2D eigenvalue weighted by Gasteiger charge is 2.25. The van der Waals surface area contributed by atoms with Crippen LogP contribution in [0.15, 0.2) is 36.7 Å². The molecule has 0 saturated heterocycles. The van der Waals surface area contributed by atoms with Gasteiger partial charge in [0.15, 0.2) is 0 Å². The smallest absolute Gasteiger partial charge is 0.373 e. The molecule has 0 atom stereocenters. The zero-order valence-electron chi connectivity index (χ0n) is 15.9. The Bertz CT molecular complexity index is 1050. The largest absolute Gasteiger partial charge is 0.434 e. The summed E-state index contributed by atoms with van der Waals surface area (Å²) in [6.45, 7) is 7.63. The van der Waals surface area contributed by atoms with Gasteiger partial charge in [-0.05, 0) is 74.2 Å². The minimum absolute atomic E-state index is 0.0562. The van der Waals surface area contributed by atoms with Crippen LogP contribution in [-0.2, 0) is 0 Å². The van der Waals surface area contributed by atoms with Crippen molar-refractivity contribution in [3.05, 3.63) is 74.0 Å². The number of hydrogen-bond donors (Lipinski definition) is 1. The standard InChI is InChI=1S/C20H19ClN4O3/c1-11-5-6-15(7-12(11)2)24-19-18(25(26)27)20(23-10-22-19)28-16-8-13(3)17(21)14(4)9-16/h5-10H,1-4H3,(H,22,23,24). The summed E-state index contributed by atoms with van der Waals surface area (Å²) in [5, 5.41) is 15.3. The number of rotatable bonds is 5. The maximum absolute atomic E-state index is 11.7. The third-order valence-electron chi connectivity index (χ3n) is 4.37. The zero-order valence-corrected chi connectivity index (χ0v) is 16.7. The predicted octanol–water partition coefficient (Wildman–Crippen LogP) is 5.81. The minimum Gasteiger partial charge on any atom is -0.434 e. The second-order valence-corrected chi connectivity index (χ2v) is 6.91. The molecule has 0 aliphatic heterocycles. The lowest BCUT2D eigenvalue weighted by Gasteiger charge is -2.12. The summed E-state index contributed by atoms with van der Waals surface area (Å²) in [5.74, 6) is 0.325. The number of aryl methyl sites for hydroxylation is 4. The lowest BCUT2D eigenvalue weighted by atomic mass is 10.1. The van der Waals surface area contributed by atoms with E-state index in [0.717, 1.165) is 22.3 Å². The van der Waals surface area contributed by atoms with Crippen molar-refractivity contribution in [3.63, 3.8) is 0 Å². The van der Waals surface area contributed by atoms with Gasteiger partial charge in [0.1, 0.15) is 12.1 Å². The van der Waals surface area contributed by atoms with Gasteiger partial charge in [-0.15, -0.1) is 0 Å². The fourth-order valence-corrected chi connectivity index (χ4v) is 2.84. The molecule has 1 heterocycles. The monoisotopic (exact) mass is 398 g/mol. The van der Waals surface area contributed by atoms with Crippen LogP contribution in [0.2, 0.25) is 5.02 Å². The Morgan fingerprint density at radius 1 is 1.00 bits per heavy atom. The quantitative estimate of drug-likeness (QED) is 0.431. The van der Waals surface area contributed by atoms with Crippen LogP contribution in [-0.4, -0.2) is 14.9 Å². The number of benzene rings is 2. The van der Waals surface area contributed by atoms with Gasteiger partial charge in [0.05, 0.1) is 4.92 Å². The summed E-state index contributed by atoms with van der Waals surface area (Å²) < 4.78 is 5.72. The molecule has 0 fully saturated rings. The number of nitro groups is 1. The van der Waals surface area contributed by atoms with Crippen LogP contribution in [0.5, 0.6) is 11.6 Å². The lowest BCUT2D eigenvalue weighted by Crippen LogP contribution is -2.04. The number of anilines is 2. The second-order valence-electron chi connectivity index (χ2n) is 6.53. The Morgan fingerprint density at radius 3 is 2.29 bits per heavy atom. The number of nitrogens with zero attached hydrogens (tertiary/aromatic N) is 3. The molecule has 0 aliphatic rings. The average molecular weight is 399 g/mol. The highest BCUT2D eigenvalue weighted by molar-refractivity contribution is 6.32. The van der Waals surface area contributed by atoms with E-state index < -0.39 is 4.92 Å². The van der Waals surface area contributed by atoms with E-state index in [4.69, 9.17) is 16.3 Å². The Balaban J connectivity index is 2.00. The molecule has 3 aromatic rings. The summed E-state index contributed by atoms with van der Waals surface area (Å²) >= 11 is 6.17. The molecule has 28 heavy (non-hydrogen) atoms. The zero-order chi connectivity index (χ0) is 20.4. The van der Waals surface area contributed by atoms with E-state index in [1.165, 1.54) is 6.33 Å². The fraction of sp³-hybridized carbons (Fsp3) is 0.200. The summed E-state index contributed by atoms with van der Waals surface area (Å²) in [4.78, 5) is 19.2. The van der Waals surface area contributed by atoms with Gasteiger partial charge in [0, 0.05) is 10.7 Å². The molecule has 0 radical (unpaired) electrons. The summed E-state index contributed by atoms with van der Waals surface area (Å²) in [6, 6.07) is 9.07. The molecule has 8 heteroatoms. The molecule has 0 aliphatic carbocycles. The van der Waals surface area contributed by atoms with E-state index in [9.17, 15) is 10.1 Å². The molecule has 0 unspecified atom stereocenters. The van der Waals surface area contributed by atoms with Gasteiger partial charge < -0.3 is 10.1 Å². The van der Waals surface area contributed by atoms with Gasteiger partial charge in [0.25, 0.3) is 0 Å². The van der Waals surface area contributed by atoms with E-state index in [2.05, 4.69) is 15.3 Å². The minimum atomic E-state index is -0.561. The van der Waals surface area contributed by atoms with Gasteiger partial charge >= 0.3 is 11.6 Å². The lowest BCUT2D eigenvalue weighted by molar-refractivity contribution is -0.385.